The highest BCUT2D eigenvalue weighted by molar-refractivity contribution is 7.71. The highest BCUT2D eigenvalue weighted by Crippen LogP contribution is 2.15. The number of rotatable bonds is 4. The molecule has 1 aliphatic rings. The molecule has 1 aliphatic heterocycles. The molecule has 1 aromatic carbocycles. The maximum absolute atomic E-state index is 5.65. The van der Waals surface area contributed by atoms with Crippen molar-refractivity contribution in [2.75, 3.05) is 31.1 Å². The Morgan fingerprint density at radius 3 is 2.67 bits per heavy atom. The number of nitrogens with zero attached hydrogens (tertiary/aromatic N) is 5. The third-order valence-electron chi connectivity index (χ3n) is 5.11. The Balaban J connectivity index is 1.45. The molecule has 0 amide bonds. The maximum Gasteiger partial charge on any atom is 0.274 e. The van der Waals surface area contributed by atoms with Crippen molar-refractivity contribution >= 4 is 18.0 Å². The summed E-state index contributed by atoms with van der Waals surface area (Å²) in [5.41, 5.74) is 3.33. The summed E-state index contributed by atoms with van der Waals surface area (Å²) in [5.74, 6) is 1.18. The number of piperazine rings is 1. The van der Waals surface area contributed by atoms with Crippen LogP contribution in [0.15, 0.2) is 42.6 Å². The van der Waals surface area contributed by atoms with E-state index >= 15 is 0 Å². The molecule has 0 spiro atoms. The van der Waals surface area contributed by atoms with Crippen molar-refractivity contribution in [1.29, 1.82) is 0 Å². The van der Waals surface area contributed by atoms with E-state index in [0.717, 1.165) is 44.1 Å². The van der Waals surface area contributed by atoms with E-state index < -0.39 is 0 Å². The van der Waals surface area contributed by atoms with Gasteiger partial charge in [0, 0.05) is 6.07 Å². The van der Waals surface area contributed by atoms with Gasteiger partial charge in [0.1, 0.15) is 26.2 Å². The Morgan fingerprint density at radius 2 is 1.93 bits per heavy atom. The Labute approximate surface area is 163 Å². The number of pyridine rings is 1. The molecule has 3 aromatic rings. The average molecular weight is 384 g/mol. The molecule has 3 heterocycles. The van der Waals surface area contributed by atoms with Crippen LogP contribution in [0.1, 0.15) is 11.1 Å². The average Bonchev–Trinajstić information content (AvgIpc) is 3.05. The Bertz CT molecular complexity index is 971. The van der Waals surface area contributed by atoms with Crippen LogP contribution in [-0.2, 0) is 6.67 Å². The minimum atomic E-state index is 0.648. The normalized spacial score (nSPS) is 15.3. The number of hydrogen-bond acceptors (Lipinski definition) is 4. The van der Waals surface area contributed by atoms with Crippen molar-refractivity contribution in [2.24, 2.45) is 0 Å². The van der Waals surface area contributed by atoms with Crippen LogP contribution in [0.2, 0.25) is 0 Å². The lowest BCUT2D eigenvalue weighted by Crippen LogP contribution is -3.14. The zero-order chi connectivity index (χ0) is 18.8. The number of H-pyrrole nitrogens is 1. The van der Waals surface area contributed by atoms with Crippen LogP contribution < -0.4 is 14.8 Å². The van der Waals surface area contributed by atoms with Crippen molar-refractivity contribution in [3.05, 3.63) is 58.5 Å². The summed E-state index contributed by atoms with van der Waals surface area (Å²) in [4.78, 5) is 7.16. The Kier molecular flexibility index (Phi) is 5.00. The smallest absolute Gasteiger partial charge is 0.274 e. The lowest BCUT2D eigenvalue weighted by atomic mass is 10.1. The third kappa shape index (κ3) is 3.77. The highest BCUT2D eigenvalue weighted by atomic mass is 32.1. The van der Waals surface area contributed by atoms with Gasteiger partial charge >= 0.3 is 0 Å². The van der Waals surface area contributed by atoms with Crippen molar-refractivity contribution in [1.82, 2.24) is 19.8 Å². The summed E-state index contributed by atoms with van der Waals surface area (Å²) in [6, 6.07) is 12.5. The second kappa shape index (κ2) is 7.58. The number of tetrazole rings is 1. The van der Waals surface area contributed by atoms with Gasteiger partial charge in [0.25, 0.3) is 5.82 Å². The van der Waals surface area contributed by atoms with E-state index in [2.05, 4.69) is 64.5 Å². The predicted molar refractivity (Wildman–Crippen MR) is 106 cm³/mol. The summed E-state index contributed by atoms with van der Waals surface area (Å²) in [7, 11) is 0. The van der Waals surface area contributed by atoms with E-state index in [1.165, 1.54) is 16.3 Å². The first-order chi connectivity index (χ1) is 13.1. The van der Waals surface area contributed by atoms with Gasteiger partial charge < -0.3 is 4.90 Å². The molecule has 1 fully saturated rings. The van der Waals surface area contributed by atoms with Crippen molar-refractivity contribution in [2.45, 2.75) is 20.5 Å². The summed E-state index contributed by atoms with van der Waals surface area (Å²) in [5, 5.41) is 8.63. The molecule has 4 rings (SSSR count). The Hall–Kier alpha value is -2.58. The molecule has 27 heavy (non-hydrogen) atoms. The van der Waals surface area contributed by atoms with Gasteiger partial charge in [-0.3, -0.25) is 4.90 Å². The third-order valence-corrected chi connectivity index (χ3v) is 5.49. The van der Waals surface area contributed by atoms with Gasteiger partial charge in [-0.2, -0.15) is 9.36 Å². The van der Waals surface area contributed by atoms with E-state index in [1.807, 2.05) is 16.9 Å². The molecule has 2 N–H and O–H groups in total. The molecule has 0 radical (unpaired) electrons. The van der Waals surface area contributed by atoms with Gasteiger partial charge in [-0.25, -0.2) is 4.98 Å². The number of aromatic nitrogens is 5. The van der Waals surface area contributed by atoms with Gasteiger partial charge in [0.05, 0.1) is 11.9 Å². The highest BCUT2D eigenvalue weighted by Gasteiger charge is 2.26. The van der Waals surface area contributed by atoms with Gasteiger partial charge in [-0.15, -0.1) is 0 Å². The fourth-order valence-electron chi connectivity index (χ4n) is 3.49. The standard InChI is InChI=1S/C19H23N7S/c1-15-6-7-16(2)17(13-15)26-19(27)25(21-22-26)14-23-9-11-24(12-10-23)18-5-3-4-8-20-18/h3-8,13H,9-12,14H2,1-2H3/p+2. The van der Waals surface area contributed by atoms with Crippen LogP contribution in [0.25, 0.3) is 5.69 Å². The number of quaternary nitrogens is 1. The summed E-state index contributed by atoms with van der Waals surface area (Å²) < 4.78 is 4.26. The Morgan fingerprint density at radius 1 is 1.11 bits per heavy atom. The first-order valence-corrected chi connectivity index (χ1v) is 9.68. The fourth-order valence-corrected chi connectivity index (χ4v) is 3.72. The quantitative estimate of drug-likeness (QED) is 0.670. The van der Waals surface area contributed by atoms with Crippen LogP contribution in [0.5, 0.6) is 0 Å². The maximum atomic E-state index is 5.65. The van der Waals surface area contributed by atoms with Gasteiger partial charge in [-0.1, -0.05) is 18.2 Å². The first-order valence-electron chi connectivity index (χ1n) is 9.27. The summed E-state index contributed by atoms with van der Waals surface area (Å²) in [6.45, 7) is 8.99. The molecule has 2 aromatic heterocycles. The molecular formula is C19H25N7S+2. The molecule has 0 atom stereocenters. The monoisotopic (exact) mass is 383 g/mol. The molecule has 7 nitrogen and oxygen atoms in total. The number of aromatic amines is 1. The molecule has 0 unspecified atom stereocenters. The lowest BCUT2D eigenvalue weighted by molar-refractivity contribution is -0.924. The number of anilines is 1. The molecule has 1 saturated heterocycles. The zero-order valence-corrected chi connectivity index (χ0v) is 16.5. The summed E-state index contributed by atoms with van der Waals surface area (Å²) >= 11 is 5.65. The van der Waals surface area contributed by atoms with Gasteiger partial charge in [0.2, 0.25) is 4.77 Å². The second-order valence-corrected chi connectivity index (χ2v) is 7.47. The van der Waals surface area contributed by atoms with Crippen molar-refractivity contribution in [3.63, 3.8) is 0 Å². The molecule has 8 heteroatoms. The molecule has 0 saturated carbocycles. The predicted octanol–water partition coefficient (Wildman–Crippen LogP) is 0.592. The van der Waals surface area contributed by atoms with Crippen molar-refractivity contribution in [3.8, 4) is 5.69 Å². The number of hydrogen-bond donors (Lipinski definition) is 1. The first kappa shape index (κ1) is 17.8. The number of nitrogens with one attached hydrogen (secondary N) is 2. The van der Waals surface area contributed by atoms with Crippen LogP contribution in [0.3, 0.4) is 0 Å². The minimum Gasteiger partial charge on any atom is -0.310 e. The van der Waals surface area contributed by atoms with E-state index in [9.17, 15) is 0 Å². The lowest BCUT2D eigenvalue weighted by Gasteiger charge is -2.27. The molecular weight excluding hydrogens is 358 g/mol. The topological polar surface area (TPSA) is 57.5 Å². The van der Waals surface area contributed by atoms with Crippen molar-refractivity contribution < 1.29 is 9.88 Å². The number of aryl methyl sites for hydroxylation is 2. The van der Waals surface area contributed by atoms with Gasteiger partial charge in [-0.05, 0) is 59.8 Å². The molecule has 0 bridgehead atoms. The summed E-state index contributed by atoms with van der Waals surface area (Å²) in [6.07, 6.45) is 1.97. The fraction of sp³-hybridized carbons (Fsp3) is 0.368. The van der Waals surface area contributed by atoms with Gasteiger partial charge in [0.15, 0.2) is 6.67 Å². The largest absolute Gasteiger partial charge is 0.310 e. The molecule has 140 valence electrons. The van der Waals surface area contributed by atoms with Crippen LogP contribution in [-0.4, -0.2) is 46.0 Å². The van der Waals surface area contributed by atoms with Crippen LogP contribution in [0, 0.1) is 18.6 Å². The number of benzene rings is 1. The van der Waals surface area contributed by atoms with Crippen LogP contribution in [0.4, 0.5) is 5.82 Å². The van der Waals surface area contributed by atoms with E-state index in [1.54, 1.807) is 4.68 Å². The minimum absolute atomic E-state index is 0.648. The zero-order valence-electron chi connectivity index (χ0n) is 15.7. The SMILES string of the molecule is Cc1ccc(C)c(-n2nnn(C[NH+]3CCN(c4cccc[nH+]4)CC3)c2=S)c1. The van der Waals surface area contributed by atoms with E-state index in [0.29, 0.717) is 4.77 Å². The van der Waals surface area contributed by atoms with E-state index in [-0.39, 0.29) is 0 Å². The van der Waals surface area contributed by atoms with E-state index in [4.69, 9.17) is 12.2 Å². The molecule has 0 aliphatic carbocycles. The second-order valence-electron chi connectivity index (χ2n) is 7.11. The van der Waals surface area contributed by atoms with Crippen LogP contribution >= 0.6 is 12.2 Å².